The standard InChI is InChI=1S/C24H18Cl2O2/c25-19-9-5-17(6-10-19)23-15-13-21(27-23)3-1-2-4-22-14-16-24(28-22)18-7-11-20(26)12-8-18/h1-2,5-16H,3-4H2/b2-1+. The summed E-state index contributed by atoms with van der Waals surface area (Å²) in [6.45, 7) is 0. The van der Waals surface area contributed by atoms with Gasteiger partial charge in [0.15, 0.2) is 0 Å². The quantitative estimate of drug-likeness (QED) is 0.303. The zero-order valence-corrected chi connectivity index (χ0v) is 16.6. The zero-order valence-electron chi connectivity index (χ0n) is 15.1. The Morgan fingerprint density at radius 1 is 0.536 bits per heavy atom. The van der Waals surface area contributed by atoms with Crippen molar-refractivity contribution < 1.29 is 8.83 Å². The summed E-state index contributed by atoms with van der Waals surface area (Å²) in [6.07, 6.45) is 5.65. The molecular weight excluding hydrogens is 391 g/mol. The second kappa shape index (κ2) is 8.55. The van der Waals surface area contributed by atoms with E-state index < -0.39 is 0 Å². The minimum atomic E-state index is 0.718. The van der Waals surface area contributed by atoms with Gasteiger partial charge in [-0.2, -0.15) is 0 Å². The van der Waals surface area contributed by atoms with Crippen molar-refractivity contribution in [2.24, 2.45) is 0 Å². The van der Waals surface area contributed by atoms with Crippen LogP contribution in [0.1, 0.15) is 11.5 Å². The van der Waals surface area contributed by atoms with E-state index in [1.165, 1.54) is 0 Å². The third-order valence-electron chi connectivity index (χ3n) is 4.39. The van der Waals surface area contributed by atoms with Gasteiger partial charge in [0.1, 0.15) is 23.0 Å². The molecule has 0 spiro atoms. The summed E-state index contributed by atoms with van der Waals surface area (Å²) in [4.78, 5) is 0. The van der Waals surface area contributed by atoms with Crippen molar-refractivity contribution in [2.45, 2.75) is 12.8 Å². The Hall–Kier alpha value is -2.68. The number of allylic oxidation sites excluding steroid dienone is 2. The molecule has 0 unspecified atom stereocenters. The van der Waals surface area contributed by atoms with Gasteiger partial charge >= 0.3 is 0 Å². The minimum Gasteiger partial charge on any atom is -0.461 e. The first kappa shape index (κ1) is 18.7. The molecule has 0 saturated carbocycles. The van der Waals surface area contributed by atoms with E-state index in [-0.39, 0.29) is 0 Å². The second-order valence-electron chi connectivity index (χ2n) is 6.43. The fourth-order valence-electron chi connectivity index (χ4n) is 2.91. The number of halogens is 2. The highest BCUT2D eigenvalue weighted by Gasteiger charge is 2.05. The third kappa shape index (κ3) is 4.59. The maximum absolute atomic E-state index is 5.93. The van der Waals surface area contributed by atoms with E-state index in [0.29, 0.717) is 0 Å². The molecular formula is C24H18Cl2O2. The van der Waals surface area contributed by atoms with Gasteiger partial charge in [0.2, 0.25) is 0 Å². The largest absolute Gasteiger partial charge is 0.461 e. The molecule has 2 nitrogen and oxygen atoms in total. The van der Waals surface area contributed by atoms with Crippen LogP contribution in [0.25, 0.3) is 22.6 Å². The summed E-state index contributed by atoms with van der Waals surface area (Å²) < 4.78 is 11.8. The predicted octanol–water partition coefficient (Wildman–Crippen LogP) is 7.85. The molecule has 0 radical (unpaired) electrons. The van der Waals surface area contributed by atoms with Crippen LogP contribution in [0.3, 0.4) is 0 Å². The molecule has 4 aromatic rings. The molecule has 4 rings (SSSR count). The Balaban J connectivity index is 1.33. The van der Waals surface area contributed by atoms with Gasteiger partial charge in [-0.1, -0.05) is 35.4 Å². The predicted molar refractivity (Wildman–Crippen MR) is 115 cm³/mol. The van der Waals surface area contributed by atoms with E-state index in [4.69, 9.17) is 32.0 Å². The van der Waals surface area contributed by atoms with Crippen LogP contribution in [-0.2, 0) is 12.8 Å². The molecule has 0 aliphatic heterocycles. The highest BCUT2D eigenvalue weighted by molar-refractivity contribution is 6.30. The van der Waals surface area contributed by atoms with Crippen LogP contribution in [0.15, 0.2) is 93.8 Å². The van der Waals surface area contributed by atoms with E-state index in [0.717, 1.165) is 57.1 Å². The maximum Gasteiger partial charge on any atom is 0.134 e. The molecule has 0 aliphatic carbocycles. The molecule has 0 atom stereocenters. The normalized spacial score (nSPS) is 11.4. The van der Waals surface area contributed by atoms with Crippen molar-refractivity contribution in [2.75, 3.05) is 0 Å². The first-order valence-corrected chi connectivity index (χ1v) is 9.77. The molecule has 0 saturated heterocycles. The SMILES string of the molecule is Clc1ccc(-c2ccc(C/C=C/Cc3ccc(-c4ccc(Cl)cc4)o3)o2)cc1. The Kier molecular flexibility index (Phi) is 5.70. The zero-order chi connectivity index (χ0) is 19.3. The summed E-state index contributed by atoms with van der Waals surface area (Å²) in [5, 5.41) is 1.44. The third-order valence-corrected chi connectivity index (χ3v) is 4.89. The fourth-order valence-corrected chi connectivity index (χ4v) is 3.16. The van der Waals surface area contributed by atoms with Crippen LogP contribution in [0.5, 0.6) is 0 Å². The summed E-state index contributed by atoms with van der Waals surface area (Å²) >= 11 is 11.9. The summed E-state index contributed by atoms with van der Waals surface area (Å²) in [5.74, 6) is 3.53. The molecule has 2 aromatic heterocycles. The summed E-state index contributed by atoms with van der Waals surface area (Å²) in [7, 11) is 0. The molecule has 140 valence electrons. The van der Waals surface area contributed by atoms with Gasteiger partial charge < -0.3 is 8.83 Å². The smallest absolute Gasteiger partial charge is 0.134 e. The highest BCUT2D eigenvalue weighted by Crippen LogP contribution is 2.25. The Bertz CT molecular complexity index is 983. The van der Waals surface area contributed by atoms with Gasteiger partial charge in [-0.15, -0.1) is 0 Å². The van der Waals surface area contributed by atoms with Gasteiger partial charge in [-0.3, -0.25) is 0 Å². The van der Waals surface area contributed by atoms with Gasteiger partial charge in [0.25, 0.3) is 0 Å². The van der Waals surface area contributed by atoms with Crippen molar-refractivity contribution in [1.82, 2.24) is 0 Å². The molecule has 28 heavy (non-hydrogen) atoms. The molecule has 0 N–H and O–H groups in total. The lowest BCUT2D eigenvalue weighted by atomic mass is 10.2. The lowest BCUT2D eigenvalue weighted by Crippen LogP contribution is -1.78. The maximum atomic E-state index is 5.93. The number of hydrogen-bond acceptors (Lipinski definition) is 2. The van der Waals surface area contributed by atoms with Gasteiger partial charge in [-0.25, -0.2) is 0 Å². The number of benzene rings is 2. The van der Waals surface area contributed by atoms with Crippen LogP contribution in [-0.4, -0.2) is 0 Å². The fraction of sp³-hybridized carbons (Fsp3) is 0.0833. The molecule has 4 heteroatoms. The number of rotatable bonds is 6. The molecule has 2 aromatic carbocycles. The molecule has 0 fully saturated rings. The lowest BCUT2D eigenvalue weighted by Gasteiger charge is -1.97. The van der Waals surface area contributed by atoms with E-state index in [1.54, 1.807) is 0 Å². The van der Waals surface area contributed by atoms with Crippen LogP contribution in [0.2, 0.25) is 10.0 Å². The first-order valence-electron chi connectivity index (χ1n) is 9.02. The van der Waals surface area contributed by atoms with E-state index in [1.807, 2.05) is 72.8 Å². The van der Waals surface area contributed by atoms with E-state index in [9.17, 15) is 0 Å². The van der Waals surface area contributed by atoms with Crippen LogP contribution < -0.4 is 0 Å². The molecule has 0 aliphatic rings. The monoisotopic (exact) mass is 408 g/mol. The average Bonchev–Trinajstić information content (AvgIpc) is 3.36. The topological polar surface area (TPSA) is 26.3 Å². The second-order valence-corrected chi connectivity index (χ2v) is 7.30. The van der Waals surface area contributed by atoms with Crippen molar-refractivity contribution in [3.63, 3.8) is 0 Å². The van der Waals surface area contributed by atoms with Crippen LogP contribution in [0, 0.1) is 0 Å². The number of hydrogen-bond donors (Lipinski definition) is 0. The van der Waals surface area contributed by atoms with Gasteiger partial charge in [0.05, 0.1) is 0 Å². The Morgan fingerprint density at radius 3 is 1.32 bits per heavy atom. The van der Waals surface area contributed by atoms with Crippen molar-refractivity contribution >= 4 is 23.2 Å². The number of furan rings is 2. The van der Waals surface area contributed by atoms with Crippen LogP contribution >= 0.6 is 23.2 Å². The summed E-state index contributed by atoms with van der Waals surface area (Å²) in [6, 6.07) is 23.2. The van der Waals surface area contributed by atoms with Crippen LogP contribution in [0.4, 0.5) is 0 Å². The van der Waals surface area contributed by atoms with Crippen molar-refractivity contribution in [3.8, 4) is 22.6 Å². The molecule has 0 amide bonds. The highest BCUT2D eigenvalue weighted by atomic mass is 35.5. The van der Waals surface area contributed by atoms with Gasteiger partial charge in [0, 0.05) is 34.0 Å². The Morgan fingerprint density at radius 2 is 0.929 bits per heavy atom. The summed E-state index contributed by atoms with van der Waals surface area (Å²) in [5.41, 5.74) is 2.04. The minimum absolute atomic E-state index is 0.718. The molecule has 2 heterocycles. The van der Waals surface area contributed by atoms with E-state index >= 15 is 0 Å². The lowest BCUT2D eigenvalue weighted by molar-refractivity contribution is 0.532. The first-order chi connectivity index (χ1) is 13.7. The van der Waals surface area contributed by atoms with Crippen molar-refractivity contribution in [1.29, 1.82) is 0 Å². The van der Waals surface area contributed by atoms with Crippen molar-refractivity contribution in [3.05, 3.63) is 107 Å². The van der Waals surface area contributed by atoms with E-state index in [2.05, 4.69) is 12.2 Å². The average molecular weight is 409 g/mol. The van der Waals surface area contributed by atoms with Gasteiger partial charge in [-0.05, 0) is 72.8 Å². The molecule has 0 bridgehead atoms. The Labute approximate surface area is 174 Å².